The molecule has 0 saturated carbocycles. The van der Waals surface area contributed by atoms with Crippen molar-refractivity contribution < 1.29 is 38.8 Å². The molecule has 0 saturated heterocycles. The molecule has 3 heterocycles. The second-order valence-corrected chi connectivity index (χ2v) is 10.7. The van der Waals surface area contributed by atoms with Gasteiger partial charge in [-0.1, -0.05) is 0 Å². The van der Waals surface area contributed by atoms with E-state index in [1.165, 1.54) is 18.0 Å². The van der Waals surface area contributed by atoms with E-state index in [-0.39, 0.29) is 49.4 Å². The van der Waals surface area contributed by atoms with Crippen molar-refractivity contribution in [2.75, 3.05) is 47.6 Å². The maximum atomic E-state index is 14.1. The fraction of sp³-hybridized carbons (Fsp3) is 0.367. The third kappa shape index (κ3) is 6.21. The van der Waals surface area contributed by atoms with Crippen LogP contribution in [0.25, 0.3) is 32.6 Å². The normalized spacial score (nSPS) is 12.3. The summed E-state index contributed by atoms with van der Waals surface area (Å²) in [7, 11) is 5.29. The molecule has 2 aromatic carbocycles. The molecule has 0 atom stereocenters. The highest BCUT2D eigenvalue weighted by atomic mass is 16.7. The summed E-state index contributed by atoms with van der Waals surface area (Å²) in [6, 6.07) is 6.68. The van der Waals surface area contributed by atoms with E-state index in [1.54, 1.807) is 22.9 Å². The number of aromatic nitrogens is 2. The topological polar surface area (TPSA) is 173 Å². The summed E-state index contributed by atoms with van der Waals surface area (Å²) in [6.07, 6.45) is 0.450. The fourth-order valence-corrected chi connectivity index (χ4v) is 4.99. The van der Waals surface area contributed by atoms with E-state index in [0.717, 1.165) is 0 Å². The minimum atomic E-state index is -1.08. The maximum Gasteiger partial charge on any atom is 0.415 e. The molecule has 0 fully saturated rings. The third-order valence-electron chi connectivity index (χ3n) is 7.36. The highest BCUT2D eigenvalue weighted by molar-refractivity contribution is 6.15. The van der Waals surface area contributed by atoms with Gasteiger partial charge in [0.25, 0.3) is 5.56 Å². The number of nitrogens with zero attached hydrogens (tertiary/aromatic N) is 4. The smallest absolute Gasteiger partial charge is 0.415 e. The van der Waals surface area contributed by atoms with Gasteiger partial charge in [0.15, 0.2) is 11.5 Å². The second-order valence-electron chi connectivity index (χ2n) is 10.7. The van der Waals surface area contributed by atoms with Gasteiger partial charge < -0.3 is 44.1 Å². The summed E-state index contributed by atoms with van der Waals surface area (Å²) in [5.74, 6) is -0.370. The Morgan fingerprint density at radius 3 is 2.45 bits per heavy atom. The van der Waals surface area contributed by atoms with Crippen LogP contribution < -0.4 is 25.1 Å². The first-order valence-corrected chi connectivity index (χ1v) is 14.0. The van der Waals surface area contributed by atoms with E-state index in [9.17, 15) is 24.3 Å². The molecule has 0 spiro atoms. The van der Waals surface area contributed by atoms with Crippen LogP contribution in [0.1, 0.15) is 18.4 Å². The van der Waals surface area contributed by atoms with Crippen LogP contribution in [-0.2, 0) is 22.7 Å². The Kier molecular flexibility index (Phi) is 8.83. The molecule has 14 nitrogen and oxygen atoms in total. The van der Waals surface area contributed by atoms with E-state index in [1.807, 2.05) is 25.1 Å². The number of amides is 2. The molecule has 14 heteroatoms. The van der Waals surface area contributed by atoms with E-state index >= 15 is 0 Å². The molecule has 44 heavy (non-hydrogen) atoms. The molecule has 0 radical (unpaired) electrons. The third-order valence-corrected chi connectivity index (χ3v) is 7.36. The monoisotopic (exact) mass is 607 g/mol. The molecule has 0 bridgehead atoms. The van der Waals surface area contributed by atoms with Crippen LogP contribution in [0.4, 0.5) is 4.79 Å². The number of pyridine rings is 2. The number of nitrogens with one attached hydrogen (secondary N) is 1. The molecule has 1 aliphatic heterocycles. The van der Waals surface area contributed by atoms with Crippen molar-refractivity contribution in [1.82, 2.24) is 24.7 Å². The van der Waals surface area contributed by atoms with Gasteiger partial charge in [-0.3, -0.25) is 19.4 Å². The zero-order chi connectivity index (χ0) is 31.5. The first-order valence-electron chi connectivity index (χ1n) is 14.0. The van der Waals surface area contributed by atoms with Crippen molar-refractivity contribution in [2.24, 2.45) is 0 Å². The molecule has 4 aromatic rings. The second kappa shape index (κ2) is 12.7. The van der Waals surface area contributed by atoms with Crippen molar-refractivity contribution in [2.45, 2.75) is 26.0 Å². The molecule has 2 amide bonds. The number of hydrogen-bond donors (Lipinski definition) is 3. The van der Waals surface area contributed by atoms with Crippen molar-refractivity contribution in [3.8, 4) is 17.2 Å². The van der Waals surface area contributed by atoms with Crippen LogP contribution >= 0.6 is 0 Å². The Morgan fingerprint density at radius 2 is 1.75 bits per heavy atom. The molecule has 5 rings (SSSR count). The van der Waals surface area contributed by atoms with Crippen LogP contribution in [0.3, 0.4) is 0 Å². The number of carbonyl (C=O) groups excluding carboxylic acids is 2. The summed E-state index contributed by atoms with van der Waals surface area (Å²) in [5.41, 5.74) is 1.28. The average molecular weight is 608 g/mol. The van der Waals surface area contributed by atoms with E-state index in [4.69, 9.17) is 19.3 Å². The minimum absolute atomic E-state index is 0.0232. The molecule has 0 unspecified atom stereocenters. The number of aliphatic carboxylic acids is 1. The van der Waals surface area contributed by atoms with Gasteiger partial charge in [-0.05, 0) is 37.7 Å². The first-order chi connectivity index (χ1) is 21.1. The highest BCUT2D eigenvalue weighted by Crippen LogP contribution is 2.39. The number of carboxylic acid groups (broad SMARTS) is 1. The number of aliphatic hydroxyl groups excluding tert-OH is 1. The molecular formula is C30H33N5O9. The van der Waals surface area contributed by atoms with Crippen LogP contribution in [-0.4, -0.2) is 95.1 Å². The number of benzene rings is 2. The van der Waals surface area contributed by atoms with Gasteiger partial charge in [-0.15, -0.1) is 0 Å². The number of ether oxygens (including phenoxy) is 3. The number of aliphatic hydroxyl groups is 1. The number of carboxylic acids is 1. The fourth-order valence-electron chi connectivity index (χ4n) is 4.99. The number of hydrogen-bond acceptors (Lipinski definition) is 10. The SMILES string of the molecule is CN(C)CCn1c(=O)c2cc(OC(=O)N(C)CCNC(=O)CCC(=O)O)c(CO)cc2c2cnc3cc4c(cc3c21)OCO4. The molecule has 232 valence electrons. The molecule has 3 N–H and O–H groups in total. The summed E-state index contributed by atoms with van der Waals surface area (Å²) in [6.45, 7) is 0.731. The van der Waals surface area contributed by atoms with E-state index in [0.29, 0.717) is 57.3 Å². The molecule has 1 aliphatic rings. The van der Waals surface area contributed by atoms with Gasteiger partial charge in [-0.25, -0.2) is 4.79 Å². The lowest BCUT2D eigenvalue weighted by atomic mass is 10.0. The van der Waals surface area contributed by atoms with Crippen molar-refractivity contribution in [3.63, 3.8) is 0 Å². The summed E-state index contributed by atoms with van der Waals surface area (Å²) in [5, 5.41) is 23.7. The standard InChI is InChI=1S/C30H33N5O9/c1-33(2)8-9-35-28-20-12-24-25(43-16-42-24)13-22(20)32-14-21(28)18-10-17(15-36)23(11-19(18)29(35)40)44-30(41)34(3)7-6-31-26(37)4-5-27(38)39/h10-14,36H,4-9,15-16H2,1-3H3,(H,31,37)(H,38,39). The van der Waals surface area contributed by atoms with Gasteiger partial charge in [0.2, 0.25) is 12.7 Å². The zero-order valence-electron chi connectivity index (χ0n) is 24.6. The van der Waals surface area contributed by atoms with Gasteiger partial charge in [-0.2, -0.15) is 0 Å². The lowest BCUT2D eigenvalue weighted by Gasteiger charge is -2.20. The average Bonchev–Trinajstić information content (AvgIpc) is 3.45. The predicted octanol–water partition coefficient (Wildman–Crippen LogP) is 1.90. The molecule has 0 aliphatic carbocycles. The van der Waals surface area contributed by atoms with Crippen LogP contribution in [0.2, 0.25) is 0 Å². The van der Waals surface area contributed by atoms with Crippen molar-refractivity contribution in [3.05, 3.63) is 46.4 Å². The van der Waals surface area contributed by atoms with E-state index in [2.05, 4.69) is 10.3 Å². The van der Waals surface area contributed by atoms with Crippen LogP contribution in [0, 0.1) is 0 Å². The number of likely N-dealkylation sites (N-methyl/N-ethyl adjacent to an activating group) is 2. The Hall–Kier alpha value is -4.95. The zero-order valence-corrected chi connectivity index (χ0v) is 24.6. The van der Waals surface area contributed by atoms with Gasteiger partial charge in [0.1, 0.15) is 5.75 Å². The Balaban J connectivity index is 1.51. The van der Waals surface area contributed by atoms with Gasteiger partial charge >= 0.3 is 12.1 Å². The van der Waals surface area contributed by atoms with E-state index < -0.39 is 24.6 Å². The van der Waals surface area contributed by atoms with Crippen molar-refractivity contribution >= 4 is 50.5 Å². The Bertz CT molecular complexity index is 1840. The Labute approximate surface area is 251 Å². The summed E-state index contributed by atoms with van der Waals surface area (Å²) < 4.78 is 18.4. The van der Waals surface area contributed by atoms with Gasteiger partial charge in [0, 0.05) is 68.2 Å². The van der Waals surface area contributed by atoms with Crippen LogP contribution in [0.15, 0.2) is 35.3 Å². The quantitative estimate of drug-likeness (QED) is 0.213. The number of rotatable bonds is 11. The lowest BCUT2D eigenvalue weighted by molar-refractivity contribution is -0.138. The minimum Gasteiger partial charge on any atom is -0.481 e. The molecular weight excluding hydrogens is 574 g/mol. The lowest BCUT2D eigenvalue weighted by Crippen LogP contribution is -2.37. The van der Waals surface area contributed by atoms with Crippen LogP contribution in [0.5, 0.6) is 17.2 Å². The first kappa shape index (κ1) is 30.5. The highest BCUT2D eigenvalue weighted by Gasteiger charge is 2.22. The maximum absolute atomic E-state index is 14.1. The summed E-state index contributed by atoms with van der Waals surface area (Å²) >= 11 is 0. The summed E-state index contributed by atoms with van der Waals surface area (Å²) in [4.78, 5) is 57.2. The number of carbonyl (C=O) groups is 3. The van der Waals surface area contributed by atoms with Gasteiger partial charge in [0.05, 0.1) is 29.4 Å². The predicted molar refractivity (Wildman–Crippen MR) is 160 cm³/mol. The van der Waals surface area contributed by atoms with Crippen molar-refractivity contribution in [1.29, 1.82) is 0 Å². The number of fused-ring (bicyclic) bond motifs is 6. The molecule has 2 aromatic heterocycles. The largest absolute Gasteiger partial charge is 0.481 e. The Morgan fingerprint density at radius 1 is 1.00 bits per heavy atom.